The molecule has 0 spiro atoms. The summed E-state index contributed by atoms with van der Waals surface area (Å²) in [4.78, 5) is 0. The van der Waals surface area contributed by atoms with Crippen molar-refractivity contribution in [3.8, 4) is 0 Å². The molecule has 1 N–H and O–H groups in total. The van der Waals surface area contributed by atoms with Gasteiger partial charge in [-0.15, -0.1) is 0 Å². The largest absolute Gasteiger partial charge is 0.396 e. The predicted molar refractivity (Wildman–Crippen MR) is 58.6 cm³/mol. The van der Waals surface area contributed by atoms with Crippen molar-refractivity contribution in [2.24, 2.45) is 0 Å². The summed E-state index contributed by atoms with van der Waals surface area (Å²) in [5.74, 6) is 0.606. The molecule has 2 heteroatoms. The van der Waals surface area contributed by atoms with E-state index in [2.05, 4.69) is 13.0 Å². The minimum Gasteiger partial charge on any atom is -0.396 e. The van der Waals surface area contributed by atoms with Crippen LogP contribution in [0.2, 0.25) is 5.02 Å². The number of hydrogen-bond donors (Lipinski definition) is 1. The van der Waals surface area contributed by atoms with Crippen LogP contribution in [0.4, 0.5) is 0 Å². The number of rotatable bonds is 3. The van der Waals surface area contributed by atoms with Crippen LogP contribution < -0.4 is 0 Å². The van der Waals surface area contributed by atoms with Gasteiger partial charge in [-0.25, -0.2) is 0 Å². The van der Waals surface area contributed by atoms with Gasteiger partial charge in [0.15, 0.2) is 0 Å². The SMILES string of the molecule is [CH2]C(CO)c1ccc(C2CC2)c(Cl)c1. The van der Waals surface area contributed by atoms with Crippen LogP contribution in [0.5, 0.6) is 0 Å². The number of hydrogen-bond acceptors (Lipinski definition) is 1. The highest BCUT2D eigenvalue weighted by Crippen LogP contribution is 2.43. The lowest BCUT2D eigenvalue weighted by molar-refractivity contribution is 0.282. The van der Waals surface area contributed by atoms with E-state index in [9.17, 15) is 0 Å². The van der Waals surface area contributed by atoms with E-state index in [4.69, 9.17) is 16.7 Å². The lowest BCUT2D eigenvalue weighted by Crippen LogP contribution is -1.99. The molecule has 2 rings (SSSR count). The van der Waals surface area contributed by atoms with Crippen molar-refractivity contribution >= 4 is 11.6 Å². The highest BCUT2D eigenvalue weighted by atomic mass is 35.5. The Bertz CT molecular complexity index is 331. The lowest BCUT2D eigenvalue weighted by atomic mass is 9.99. The van der Waals surface area contributed by atoms with Gasteiger partial charge in [-0.05, 0) is 42.9 Å². The molecule has 1 aromatic rings. The Morgan fingerprint density at radius 1 is 1.50 bits per heavy atom. The summed E-state index contributed by atoms with van der Waals surface area (Å²) in [6, 6.07) is 6.03. The zero-order chi connectivity index (χ0) is 10.1. The van der Waals surface area contributed by atoms with Crippen LogP contribution in [0, 0.1) is 6.92 Å². The minimum absolute atomic E-state index is 0.0686. The summed E-state index contributed by atoms with van der Waals surface area (Å²) in [6.45, 7) is 3.92. The van der Waals surface area contributed by atoms with Gasteiger partial charge in [0.1, 0.15) is 0 Å². The fourth-order valence-electron chi connectivity index (χ4n) is 1.63. The first-order valence-electron chi connectivity index (χ1n) is 4.95. The molecule has 1 radical (unpaired) electrons. The third-order valence-corrected chi connectivity index (χ3v) is 3.06. The standard InChI is InChI=1S/C12H14ClO/c1-8(7-14)10-4-5-11(9-2-3-9)12(13)6-10/h4-6,8-9,14H,1-3,7H2. The summed E-state index contributed by atoms with van der Waals surface area (Å²) in [5, 5.41) is 9.79. The molecule has 75 valence electrons. The first-order chi connectivity index (χ1) is 6.72. The van der Waals surface area contributed by atoms with Crippen LogP contribution in [0.25, 0.3) is 0 Å². The second kappa shape index (κ2) is 3.92. The summed E-state index contributed by atoms with van der Waals surface area (Å²) < 4.78 is 0. The molecule has 0 aliphatic heterocycles. The summed E-state index contributed by atoms with van der Waals surface area (Å²) in [5.41, 5.74) is 2.27. The molecule has 1 atom stereocenters. The average Bonchev–Trinajstić information content (AvgIpc) is 3.00. The maximum atomic E-state index is 8.96. The van der Waals surface area contributed by atoms with Gasteiger partial charge in [0.2, 0.25) is 0 Å². The monoisotopic (exact) mass is 209 g/mol. The Balaban J connectivity index is 2.25. The molecule has 14 heavy (non-hydrogen) atoms. The molecule has 1 aliphatic carbocycles. The van der Waals surface area contributed by atoms with E-state index in [1.54, 1.807) is 0 Å². The van der Waals surface area contributed by atoms with Gasteiger partial charge in [0.05, 0.1) is 0 Å². The van der Waals surface area contributed by atoms with Crippen LogP contribution in [0.3, 0.4) is 0 Å². The summed E-state index contributed by atoms with van der Waals surface area (Å²) in [6.07, 6.45) is 2.51. The molecule has 1 unspecified atom stereocenters. The molecular weight excluding hydrogens is 196 g/mol. The van der Waals surface area contributed by atoms with Gasteiger partial charge >= 0.3 is 0 Å². The van der Waals surface area contributed by atoms with E-state index in [0.717, 1.165) is 10.6 Å². The molecule has 0 amide bonds. The maximum Gasteiger partial charge on any atom is 0.0499 e. The topological polar surface area (TPSA) is 20.2 Å². The molecular formula is C12H14ClO. The van der Waals surface area contributed by atoms with Gasteiger partial charge in [-0.2, -0.15) is 0 Å². The van der Waals surface area contributed by atoms with Crippen LogP contribution in [-0.4, -0.2) is 11.7 Å². The first-order valence-corrected chi connectivity index (χ1v) is 5.33. The fraction of sp³-hybridized carbons (Fsp3) is 0.417. The van der Waals surface area contributed by atoms with Crippen molar-refractivity contribution in [2.75, 3.05) is 6.61 Å². The van der Waals surface area contributed by atoms with E-state index in [0.29, 0.717) is 5.92 Å². The molecule has 1 aliphatic rings. The van der Waals surface area contributed by atoms with Crippen molar-refractivity contribution < 1.29 is 5.11 Å². The minimum atomic E-state index is -0.0687. The quantitative estimate of drug-likeness (QED) is 0.811. The fourth-order valence-corrected chi connectivity index (χ4v) is 1.97. The number of aliphatic hydroxyl groups is 1. The van der Waals surface area contributed by atoms with Crippen molar-refractivity contribution in [1.82, 2.24) is 0 Å². The van der Waals surface area contributed by atoms with Gasteiger partial charge in [0.25, 0.3) is 0 Å². The molecule has 0 bridgehead atoms. The van der Waals surface area contributed by atoms with E-state index in [1.165, 1.54) is 18.4 Å². The van der Waals surface area contributed by atoms with Crippen LogP contribution in [-0.2, 0) is 0 Å². The Kier molecular flexibility index (Phi) is 2.80. The maximum absolute atomic E-state index is 8.96. The molecule has 1 nitrogen and oxygen atoms in total. The van der Waals surface area contributed by atoms with E-state index in [-0.39, 0.29) is 12.5 Å². The third kappa shape index (κ3) is 1.94. The van der Waals surface area contributed by atoms with Crippen LogP contribution in [0.1, 0.15) is 35.8 Å². The van der Waals surface area contributed by atoms with Crippen LogP contribution >= 0.6 is 11.6 Å². The van der Waals surface area contributed by atoms with Gasteiger partial charge in [-0.3, -0.25) is 0 Å². The zero-order valence-electron chi connectivity index (χ0n) is 8.04. The average molecular weight is 210 g/mol. The molecule has 0 heterocycles. The molecule has 0 saturated heterocycles. The smallest absolute Gasteiger partial charge is 0.0499 e. The van der Waals surface area contributed by atoms with Gasteiger partial charge in [-0.1, -0.05) is 23.7 Å². The number of benzene rings is 1. The molecule has 1 saturated carbocycles. The Labute approximate surface area is 89.7 Å². The Morgan fingerprint density at radius 2 is 2.21 bits per heavy atom. The highest BCUT2D eigenvalue weighted by Gasteiger charge is 2.25. The van der Waals surface area contributed by atoms with Crippen molar-refractivity contribution in [1.29, 1.82) is 0 Å². The molecule has 1 fully saturated rings. The zero-order valence-corrected chi connectivity index (χ0v) is 8.80. The molecule has 1 aromatic carbocycles. The summed E-state index contributed by atoms with van der Waals surface area (Å²) >= 11 is 6.16. The second-order valence-electron chi connectivity index (χ2n) is 3.93. The van der Waals surface area contributed by atoms with Crippen molar-refractivity contribution in [2.45, 2.75) is 24.7 Å². The lowest BCUT2D eigenvalue weighted by Gasteiger charge is -2.10. The predicted octanol–water partition coefficient (Wildman–Crippen LogP) is 3.13. The van der Waals surface area contributed by atoms with Crippen molar-refractivity contribution in [3.05, 3.63) is 41.3 Å². The summed E-state index contributed by atoms with van der Waals surface area (Å²) in [7, 11) is 0. The van der Waals surface area contributed by atoms with E-state index < -0.39 is 0 Å². The second-order valence-corrected chi connectivity index (χ2v) is 4.34. The van der Waals surface area contributed by atoms with Gasteiger partial charge in [0, 0.05) is 17.5 Å². The number of aliphatic hydroxyl groups excluding tert-OH is 1. The third-order valence-electron chi connectivity index (χ3n) is 2.73. The van der Waals surface area contributed by atoms with Crippen molar-refractivity contribution in [3.63, 3.8) is 0 Å². The van der Waals surface area contributed by atoms with E-state index >= 15 is 0 Å². The highest BCUT2D eigenvalue weighted by molar-refractivity contribution is 6.31. The molecule has 0 aromatic heterocycles. The van der Waals surface area contributed by atoms with E-state index in [1.807, 2.05) is 12.1 Å². The first kappa shape index (κ1) is 10.0. The van der Waals surface area contributed by atoms with Gasteiger partial charge < -0.3 is 5.11 Å². The Morgan fingerprint density at radius 3 is 2.71 bits per heavy atom. The van der Waals surface area contributed by atoms with Crippen LogP contribution in [0.15, 0.2) is 18.2 Å². The normalized spacial score (nSPS) is 18.2. The Hall–Kier alpha value is -0.530. The number of halogens is 1.